The van der Waals surface area contributed by atoms with Crippen LogP contribution in [0.15, 0.2) is 34.7 Å². The van der Waals surface area contributed by atoms with Crippen molar-refractivity contribution in [3.8, 4) is 0 Å². The van der Waals surface area contributed by atoms with Crippen molar-refractivity contribution in [2.24, 2.45) is 0 Å². The van der Waals surface area contributed by atoms with Crippen LogP contribution in [-0.2, 0) is 9.59 Å². The zero-order valence-corrected chi connectivity index (χ0v) is 13.0. The van der Waals surface area contributed by atoms with Crippen molar-refractivity contribution in [1.29, 1.82) is 0 Å². The van der Waals surface area contributed by atoms with Crippen molar-refractivity contribution in [3.63, 3.8) is 0 Å². The number of carbonyl (C=O) groups is 2. The molecule has 1 aromatic carbocycles. The second-order valence-corrected chi connectivity index (χ2v) is 5.87. The molecule has 1 unspecified atom stereocenters. The lowest BCUT2D eigenvalue weighted by Gasteiger charge is -2.12. The second-order valence-electron chi connectivity index (χ2n) is 4.58. The molecule has 7 heteroatoms. The van der Waals surface area contributed by atoms with Gasteiger partial charge in [0.2, 0.25) is 11.8 Å². The fourth-order valence-electron chi connectivity index (χ4n) is 2.10. The number of benzene rings is 1. The zero-order valence-electron chi connectivity index (χ0n) is 10.7. The topological polar surface area (TPSA) is 71.3 Å². The average Bonchev–Trinajstić information content (AvgIpc) is 2.79. The Morgan fingerprint density at radius 3 is 2.48 bits per heavy atom. The Morgan fingerprint density at radius 1 is 1.10 bits per heavy atom. The summed E-state index contributed by atoms with van der Waals surface area (Å²) in [4.78, 5) is 22.9. The van der Waals surface area contributed by atoms with Crippen LogP contribution in [0.1, 0.15) is 22.6 Å². The third kappa shape index (κ3) is 2.96. The highest BCUT2D eigenvalue weighted by atomic mass is 79.9. The molecule has 0 saturated heterocycles. The number of fused-ring (bicyclic) bond motifs is 1. The van der Waals surface area contributed by atoms with Gasteiger partial charge in [0.25, 0.3) is 0 Å². The maximum absolute atomic E-state index is 11.6. The summed E-state index contributed by atoms with van der Waals surface area (Å²) < 4.78 is 5.37. The third-order valence-electron chi connectivity index (χ3n) is 3.05. The van der Waals surface area contributed by atoms with Gasteiger partial charge >= 0.3 is 0 Å². The summed E-state index contributed by atoms with van der Waals surface area (Å²) >= 11 is 9.30. The molecule has 5 nitrogen and oxygen atoms in total. The number of alkyl halides is 1. The van der Waals surface area contributed by atoms with Gasteiger partial charge in [-0.15, -0.1) is 0 Å². The molecule has 2 heterocycles. The van der Waals surface area contributed by atoms with Crippen molar-refractivity contribution < 1.29 is 14.0 Å². The van der Waals surface area contributed by atoms with Crippen LogP contribution in [0.3, 0.4) is 0 Å². The van der Waals surface area contributed by atoms with Gasteiger partial charge in [-0.2, -0.15) is 0 Å². The van der Waals surface area contributed by atoms with Crippen LogP contribution in [-0.4, -0.2) is 11.8 Å². The van der Waals surface area contributed by atoms with E-state index in [0.717, 1.165) is 5.56 Å². The largest absolute Gasteiger partial charge is 0.448 e. The van der Waals surface area contributed by atoms with Crippen molar-refractivity contribution >= 4 is 50.7 Å². The van der Waals surface area contributed by atoms with Gasteiger partial charge in [0, 0.05) is 0 Å². The van der Waals surface area contributed by atoms with E-state index in [2.05, 4.69) is 26.6 Å². The fraction of sp³-hybridized carbons (Fsp3) is 0.143. The summed E-state index contributed by atoms with van der Waals surface area (Å²) in [7, 11) is 0. The van der Waals surface area contributed by atoms with E-state index < -0.39 is 0 Å². The van der Waals surface area contributed by atoms with Gasteiger partial charge in [-0.3, -0.25) is 9.59 Å². The molecule has 108 valence electrons. The lowest BCUT2D eigenvalue weighted by molar-refractivity contribution is -0.123. The summed E-state index contributed by atoms with van der Waals surface area (Å²) in [6.45, 7) is 0. The molecule has 0 aliphatic carbocycles. The van der Waals surface area contributed by atoms with E-state index in [-0.39, 0.29) is 23.1 Å². The maximum Gasteiger partial charge on any atom is 0.233 e. The number of anilines is 2. The highest BCUT2D eigenvalue weighted by molar-refractivity contribution is 9.09. The SMILES string of the molecule is O=C1CC(=O)Nc2cc(C(Br)c3ccc(Cl)o3)ccc2N1. The minimum Gasteiger partial charge on any atom is -0.448 e. The molecule has 1 atom stereocenters. The molecule has 0 spiro atoms. The van der Waals surface area contributed by atoms with E-state index >= 15 is 0 Å². The highest BCUT2D eigenvalue weighted by Gasteiger charge is 2.21. The second kappa shape index (κ2) is 5.54. The molecule has 1 aliphatic rings. The number of nitrogens with one attached hydrogen (secondary N) is 2. The Morgan fingerprint density at radius 2 is 1.81 bits per heavy atom. The number of halogens is 2. The van der Waals surface area contributed by atoms with E-state index in [4.69, 9.17) is 16.0 Å². The Balaban J connectivity index is 1.95. The Bertz CT molecular complexity index is 729. The summed E-state index contributed by atoms with van der Waals surface area (Å²) in [6, 6.07) is 8.80. The first-order chi connectivity index (χ1) is 10.0. The first kappa shape index (κ1) is 14.2. The number of rotatable bonds is 2. The van der Waals surface area contributed by atoms with Crippen molar-refractivity contribution in [1.82, 2.24) is 0 Å². The van der Waals surface area contributed by atoms with Crippen molar-refractivity contribution in [2.75, 3.05) is 10.6 Å². The molecule has 1 aromatic heterocycles. The Hall–Kier alpha value is -1.79. The predicted octanol–water partition coefficient (Wildman–Crippen LogP) is 3.70. The number of amides is 2. The van der Waals surface area contributed by atoms with Gasteiger partial charge in [0.05, 0.1) is 16.2 Å². The zero-order chi connectivity index (χ0) is 15.0. The lowest BCUT2D eigenvalue weighted by Crippen LogP contribution is -2.16. The monoisotopic (exact) mass is 368 g/mol. The molecule has 0 saturated carbocycles. The molecule has 2 N–H and O–H groups in total. The summed E-state index contributed by atoms with van der Waals surface area (Å²) in [5.74, 6) is -0.00768. The van der Waals surface area contributed by atoms with E-state index in [0.29, 0.717) is 22.4 Å². The van der Waals surface area contributed by atoms with Crippen LogP contribution in [0.4, 0.5) is 11.4 Å². The number of hydrogen-bond acceptors (Lipinski definition) is 3. The third-order valence-corrected chi connectivity index (χ3v) is 4.23. The Labute approximate surface area is 133 Å². The number of carbonyl (C=O) groups excluding carboxylic acids is 2. The molecule has 0 fully saturated rings. The summed E-state index contributed by atoms with van der Waals surface area (Å²) in [6.07, 6.45) is -0.185. The molecule has 3 rings (SSSR count). The van der Waals surface area contributed by atoms with Crippen LogP contribution in [0.5, 0.6) is 0 Å². The van der Waals surface area contributed by atoms with Gasteiger partial charge in [0.1, 0.15) is 12.2 Å². The number of hydrogen-bond donors (Lipinski definition) is 2. The fourth-order valence-corrected chi connectivity index (χ4v) is 2.78. The maximum atomic E-state index is 11.6. The van der Waals surface area contributed by atoms with E-state index in [1.807, 2.05) is 6.07 Å². The molecular weight excluding hydrogens is 360 g/mol. The van der Waals surface area contributed by atoms with E-state index in [9.17, 15) is 9.59 Å². The van der Waals surface area contributed by atoms with Crippen LogP contribution in [0, 0.1) is 0 Å². The van der Waals surface area contributed by atoms with Crippen LogP contribution in [0.2, 0.25) is 5.22 Å². The van der Waals surface area contributed by atoms with Gasteiger partial charge in [-0.25, -0.2) is 0 Å². The molecule has 0 radical (unpaired) electrons. The predicted molar refractivity (Wildman–Crippen MR) is 82.8 cm³/mol. The van der Waals surface area contributed by atoms with Crippen LogP contribution in [0.25, 0.3) is 0 Å². The molecule has 21 heavy (non-hydrogen) atoms. The molecular formula is C14H10BrClN2O3. The lowest BCUT2D eigenvalue weighted by atomic mass is 10.1. The average molecular weight is 370 g/mol. The molecule has 1 aliphatic heterocycles. The molecule has 2 amide bonds. The normalized spacial score (nSPS) is 15.7. The van der Waals surface area contributed by atoms with E-state index in [1.165, 1.54) is 0 Å². The van der Waals surface area contributed by atoms with E-state index in [1.54, 1.807) is 24.3 Å². The first-order valence-electron chi connectivity index (χ1n) is 6.16. The molecule has 2 aromatic rings. The molecule has 0 bridgehead atoms. The van der Waals surface area contributed by atoms with Gasteiger partial charge in [-0.05, 0) is 41.4 Å². The Kier molecular flexibility index (Phi) is 3.73. The minimum atomic E-state index is -0.337. The van der Waals surface area contributed by atoms with Crippen LogP contribution < -0.4 is 10.6 Å². The first-order valence-corrected chi connectivity index (χ1v) is 7.45. The highest BCUT2D eigenvalue weighted by Crippen LogP contribution is 2.36. The summed E-state index contributed by atoms with van der Waals surface area (Å²) in [5, 5.41) is 5.70. The van der Waals surface area contributed by atoms with Crippen LogP contribution >= 0.6 is 27.5 Å². The van der Waals surface area contributed by atoms with Gasteiger partial charge in [-0.1, -0.05) is 22.0 Å². The summed E-state index contributed by atoms with van der Waals surface area (Å²) in [5.41, 5.74) is 2.01. The van der Waals surface area contributed by atoms with Gasteiger partial charge in [0.15, 0.2) is 5.22 Å². The van der Waals surface area contributed by atoms with Crippen molar-refractivity contribution in [2.45, 2.75) is 11.2 Å². The number of furan rings is 1. The minimum absolute atomic E-state index is 0.185. The smallest absolute Gasteiger partial charge is 0.233 e. The quantitative estimate of drug-likeness (QED) is 0.626. The van der Waals surface area contributed by atoms with Gasteiger partial charge < -0.3 is 15.1 Å². The standard InChI is InChI=1S/C14H10BrClN2O3/c15-14(10-3-4-11(16)21-10)7-1-2-8-9(5-7)18-13(20)6-12(19)17-8/h1-5,14H,6H2,(H,17,19)(H,18,20). The van der Waals surface area contributed by atoms with Crippen molar-refractivity contribution in [3.05, 3.63) is 46.9 Å².